The topological polar surface area (TPSA) is 18.5 Å². The molecule has 0 aliphatic carbocycles. The highest BCUT2D eigenvalue weighted by Gasteiger charge is 2.60. The second kappa shape index (κ2) is 11.4. The molecule has 0 N–H and O–H groups in total. The quantitative estimate of drug-likeness (QED) is 0.134. The van der Waals surface area contributed by atoms with Crippen LogP contribution in [0.2, 0.25) is 0 Å². The lowest BCUT2D eigenvalue weighted by Crippen LogP contribution is -2.66. The highest BCUT2D eigenvalue weighted by atomic mass is 16.5. The zero-order valence-electron chi connectivity index (χ0n) is 27.5. The van der Waals surface area contributed by atoms with Gasteiger partial charge in [-0.25, -0.2) is 0 Å². The molecule has 7 aromatic carbocycles. The maximum absolute atomic E-state index is 6.34. The Balaban J connectivity index is 1.56. The van der Waals surface area contributed by atoms with Gasteiger partial charge in [0.05, 0.1) is 19.7 Å². The van der Waals surface area contributed by atoms with Crippen molar-refractivity contribution in [2.75, 3.05) is 14.2 Å². The van der Waals surface area contributed by atoms with Crippen LogP contribution in [0.25, 0.3) is 0 Å². The van der Waals surface area contributed by atoms with Gasteiger partial charge in [-0.2, -0.15) is 8.97 Å². The minimum atomic E-state index is -0.166. The summed E-state index contributed by atoms with van der Waals surface area (Å²) in [5.41, 5.74) is 12.8. The fourth-order valence-corrected chi connectivity index (χ4v) is 8.72. The molecule has 0 atom stereocenters. The first kappa shape index (κ1) is 29.3. The molecule has 0 unspecified atom stereocenters. The standard InChI is InChI=1S/C44H35BN2O2/c1-48-40-30-16-28-38-43(40)45-42-36(46(38,32-18-7-3-8-19-32)33-20-9-4-10-21-33)26-15-27-37(42)47(34-22-11-5-12-23-34,35-24-13-6-14-25-35)39-29-17-31-41(49-2)44(39)45/h3-31H,1-2H3/q+2. The Labute approximate surface area is 287 Å². The van der Waals surface area contributed by atoms with Gasteiger partial charge in [0.25, 0.3) is 6.71 Å². The zero-order valence-corrected chi connectivity index (χ0v) is 27.5. The van der Waals surface area contributed by atoms with Crippen LogP contribution in [0.4, 0.5) is 45.5 Å². The Bertz CT molecular complexity index is 2070. The van der Waals surface area contributed by atoms with Crippen molar-refractivity contribution < 1.29 is 9.47 Å². The van der Waals surface area contributed by atoms with Gasteiger partial charge in [0, 0.05) is 83.7 Å². The van der Waals surface area contributed by atoms with Crippen LogP contribution in [-0.2, 0) is 0 Å². The number of rotatable bonds is 6. The molecule has 9 rings (SSSR count). The molecular weight excluding hydrogens is 599 g/mol. The SMILES string of the molecule is COc1cccc2c1B1c3c(OC)cccc3[N+](c3ccccc3)(c3ccccc3)c3cccc(c31)[N+]2(c1ccccc1)c1ccccc1. The van der Waals surface area contributed by atoms with E-state index in [9.17, 15) is 0 Å². The lowest BCUT2D eigenvalue weighted by atomic mass is 9.32. The van der Waals surface area contributed by atoms with Gasteiger partial charge < -0.3 is 9.47 Å². The first-order chi connectivity index (χ1) is 24.3. The number of methoxy groups -OCH3 is 2. The van der Waals surface area contributed by atoms with Crippen molar-refractivity contribution in [3.63, 3.8) is 0 Å². The largest absolute Gasteiger partial charge is 0.497 e. The molecule has 7 aromatic rings. The summed E-state index contributed by atoms with van der Waals surface area (Å²) in [6.07, 6.45) is 0. The molecule has 0 radical (unpaired) electrons. The molecule has 0 fully saturated rings. The Morgan fingerprint density at radius 2 is 0.612 bits per heavy atom. The number of nitrogens with zero attached hydrogens (tertiary/aromatic N) is 2. The maximum Gasteiger partial charge on any atom is 0.282 e. The molecule has 0 amide bonds. The number of hydrogen-bond donors (Lipinski definition) is 0. The van der Waals surface area contributed by atoms with E-state index in [2.05, 4.69) is 176 Å². The maximum atomic E-state index is 6.34. The van der Waals surface area contributed by atoms with Gasteiger partial charge in [0.1, 0.15) is 57.0 Å². The summed E-state index contributed by atoms with van der Waals surface area (Å²) in [7, 11) is 3.58. The van der Waals surface area contributed by atoms with Crippen LogP contribution in [0.15, 0.2) is 176 Å². The van der Waals surface area contributed by atoms with Crippen LogP contribution in [0.5, 0.6) is 11.5 Å². The summed E-state index contributed by atoms with van der Waals surface area (Å²) in [5.74, 6) is 1.71. The molecule has 2 aliphatic rings. The van der Waals surface area contributed by atoms with E-state index >= 15 is 0 Å². The van der Waals surface area contributed by atoms with Crippen LogP contribution in [-0.4, -0.2) is 20.9 Å². The fourth-order valence-electron chi connectivity index (χ4n) is 8.72. The molecule has 0 aromatic heterocycles. The number of quaternary nitrogens is 2. The normalized spacial score (nSPS) is 14.6. The van der Waals surface area contributed by atoms with Gasteiger partial charge in [-0.05, 0) is 12.1 Å². The highest BCUT2D eigenvalue weighted by Crippen LogP contribution is 2.59. The van der Waals surface area contributed by atoms with Crippen LogP contribution >= 0.6 is 0 Å². The molecule has 49 heavy (non-hydrogen) atoms. The highest BCUT2D eigenvalue weighted by molar-refractivity contribution is 7.01. The van der Waals surface area contributed by atoms with Crippen LogP contribution in [0, 0.1) is 0 Å². The number of hydrogen-bond acceptors (Lipinski definition) is 2. The van der Waals surface area contributed by atoms with Gasteiger partial charge >= 0.3 is 0 Å². The molecule has 5 heteroatoms. The van der Waals surface area contributed by atoms with Crippen molar-refractivity contribution >= 4 is 68.6 Å². The summed E-state index contributed by atoms with van der Waals surface area (Å²) in [6.45, 7) is -0.166. The average Bonchev–Trinajstić information content (AvgIpc) is 3.19. The third-order valence-electron chi connectivity index (χ3n) is 10.5. The van der Waals surface area contributed by atoms with Crippen LogP contribution in [0.3, 0.4) is 0 Å². The van der Waals surface area contributed by atoms with E-state index in [0.717, 1.165) is 56.5 Å². The minimum absolute atomic E-state index is 0.166. The molecule has 2 heterocycles. The smallest absolute Gasteiger partial charge is 0.282 e. The molecule has 0 bridgehead atoms. The predicted molar refractivity (Wildman–Crippen MR) is 204 cm³/mol. The van der Waals surface area contributed by atoms with Gasteiger partial charge in [0.2, 0.25) is 0 Å². The average molecular weight is 635 g/mol. The Morgan fingerprint density at radius 1 is 0.327 bits per heavy atom. The Kier molecular flexibility index (Phi) is 6.80. The molecule has 234 valence electrons. The van der Waals surface area contributed by atoms with E-state index in [0.29, 0.717) is 8.97 Å². The third-order valence-corrected chi connectivity index (χ3v) is 10.5. The monoisotopic (exact) mass is 634 g/mol. The summed E-state index contributed by atoms with van der Waals surface area (Å²) >= 11 is 0. The van der Waals surface area contributed by atoms with E-state index in [-0.39, 0.29) is 6.71 Å². The van der Waals surface area contributed by atoms with E-state index in [1.54, 1.807) is 14.2 Å². The first-order valence-corrected chi connectivity index (χ1v) is 16.8. The van der Waals surface area contributed by atoms with Gasteiger partial charge in [-0.3, -0.25) is 0 Å². The molecule has 2 aliphatic heterocycles. The summed E-state index contributed by atoms with van der Waals surface area (Å²) in [5, 5.41) is 0. The van der Waals surface area contributed by atoms with E-state index < -0.39 is 0 Å². The van der Waals surface area contributed by atoms with Crippen molar-refractivity contribution in [1.82, 2.24) is 8.97 Å². The zero-order chi connectivity index (χ0) is 33.0. The number of ether oxygens (including phenoxy) is 2. The second-order valence-corrected chi connectivity index (χ2v) is 12.6. The predicted octanol–water partition coefficient (Wildman–Crippen LogP) is 9.45. The first-order valence-electron chi connectivity index (χ1n) is 16.8. The molecule has 0 saturated carbocycles. The third kappa shape index (κ3) is 3.89. The summed E-state index contributed by atoms with van der Waals surface area (Å²) < 4.78 is 13.5. The fraction of sp³-hybridized carbons (Fsp3) is 0.0455. The lowest BCUT2D eigenvalue weighted by molar-refractivity contribution is 0.416. The second-order valence-electron chi connectivity index (χ2n) is 12.6. The number of para-hydroxylation sites is 4. The molecule has 0 spiro atoms. The van der Waals surface area contributed by atoms with Crippen molar-refractivity contribution in [1.29, 1.82) is 0 Å². The number of fused-ring (bicyclic) bond motifs is 4. The van der Waals surface area contributed by atoms with Crippen molar-refractivity contribution in [3.05, 3.63) is 176 Å². The van der Waals surface area contributed by atoms with Crippen molar-refractivity contribution in [2.24, 2.45) is 0 Å². The van der Waals surface area contributed by atoms with E-state index in [1.807, 2.05) is 0 Å². The van der Waals surface area contributed by atoms with Gasteiger partial charge in [-0.15, -0.1) is 0 Å². The Hall–Kier alpha value is -5.88. The minimum Gasteiger partial charge on any atom is -0.497 e. The van der Waals surface area contributed by atoms with Gasteiger partial charge in [0.15, 0.2) is 0 Å². The van der Waals surface area contributed by atoms with E-state index in [4.69, 9.17) is 9.47 Å². The lowest BCUT2D eigenvalue weighted by Gasteiger charge is -2.49. The number of benzene rings is 7. The summed E-state index contributed by atoms with van der Waals surface area (Å²) in [4.78, 5) is 0. The Morgan fingerprint density at radius 3 is 0.918 bits per heavy atom. The van der Waals surface area contributed by atoms with Crippen LogP contribution < -0.4 is 34.8 Å². The molecule has 0 saturated heterocycles. The van der Waals surface area contributed by atoms with E-state index in [1.165, 1.54) is 16.8 Å². The van der Waals surface area contributed by atoms with Crippen molar-refractivity contribution in [2.45, 2.75) is 0 Å². The molecular formula is C44H35BN2O2+2. The van der Waals surface area contributed by atoms with Crippen molar-refractivity contribution in [3.8, 4) is 11.5 Å². The van der Waals surface area contributed by atoms with Crippen LogP contribution in [0.1, 0.15) is 0 Å². The molecule has 4 nitrogen and oxygen atoms in total. The van der Waals surface area contributed by atoms with Gasteiger partial charge in [-0.1, -0.05) is 91.0 Å². The summed E-state index contributed by atoms with van der Waals surface area (Å²) in [6, 6.07) is 63.5.